The Hall–Kier alpha value is -2.41. The summed E-state index contributed by atoms with van der Waals surface area (Å²) in [5.41, 5.74) is 0.140. The maximum atomic E-state index is 13.7. The van der Waals surface area contributed by atoms with Crippen LogP contribution in [0, 0.1) is 5.82 Å². The van der Waals surface area contributed by atoms with E-state index in [1.54, 1.807) is 6.07 Å². The Balaban J connectivity index is 1.76. The van der Waals surface area contributed by atoms with Crippen LogP contribution in [-0.4, -0.2) is 20.4 Å². The van der Waals surface area contributed by atoms with Gasteiger partial charge < -0.3 is 5.32 Å². The van der Waals surface area contributed by atoms with Gasteiger partial charge in [-0.15, -0.1) is 0 Å². The molecule has 1 aliphatic rings. The van der Waals surface area contributed by atoms with Crippen LogP contribution in [0.1, 0.15) is 48.9 Å². The molecule has 0 aromatic heterocycles. The van der Waals surface area contributed by atoms with Crippen molar-refractivity contribution in [2.24, 2.45) is 0 Å². The fourth-order valence-corrected chi connectivity index (χ4v) is 4.36. The van der Waals surface area contributed by atoms with Crippen molar-refractivity contribution in [2.75, 3.05) is 4.72 Å². The van der Waals surface area contributed by atoms with Gasteiger partial charge in [0, 0.05) is 11.6 Å². The van der Waals surface area contributed by atoms with E-state index in [-0.39, 0.29) is 28.1 Å². The molecule has 0 aliphatic heterocycles. The zero-order valence-electron chi connectivity index (χ0n) is 14.9. The van der Waals surface area contributed by atoms with Gasteiger partial charge in [-0.25, -0.2) is 12.8 Å². The number of carbonyl (C=O) groups excluding carboxylic acids is 1. The van der Waals surface area contributed by atoms with E-state index in [1.807, 2.05) is 0 Å². The lowest BCUT2D eigenvalue weighted by atomic mass is 10.1. The average Bonchev–Trinajstić information content (AvgIpc) is 2.92. The fraction of sp³-hybridized carbons (Fsp3) is 0.350. The summed E-state index contributed by atoms with van der Waals surface area (Å²) in [6.07, 6.45) is 6.43. The fourth-order valence-electron chi connectivity index (χ4n) is 3.24. The Morgan fingerprint density at radius 1 is 0.963 bits per heavy atom. The first-order chi connectivity index (χ1) is 13.0. The predicted octanol–water partition coefficient (Wildman–Crippen LogP) is 4.08. The summed E-state index contributed by atoms with van der Waals surface area (Å²) >= 11 is 0. The van der Waals surface area contributed by atoms with E-state index >= 15 is 0 Å². The third-order valence-corrected chi connectivity index (χ3v) is 6.08. The monoisotopic (exact) mass is 390 g/mol. The third kappa shape index (κ3) is 5.07. The number of anilines is 1. The summed E-state index contributed by atoms with van der Waals surface area (Å²) in [5, 5.41) is 3.00. The van der Waals surface area contributed by atoms with E-state index in [4.69, 9.17) is 0 Å². The van der Waals surface area contributed by atoms with Crippen molar-refractivity contribution in [3.8, 4) is 0 Å². The maximum Gasteiger partial charge on any atom is 0.262 e. The number of carbonyl (C=O) groups is 1. The summed E-state index contributed by atoms with van der Waals surface area (Å²) in [5.74, 6) is -0.951. The van der Waals surface area contributed by atoms with Gasteiger partial charge in [-0.05, 0) is 43.2 Å². The molecule has 27 heavy (non-hydrogen) atoms. The van der Waals surface area contributed by atoms with Gasteiger partial charge in [0.05, 0.1) is 10.6 Å². The molecule has 1 amide bonds. The molecule has 0 radical (unpaired) electrons. The number of nitrogens with one attached hydrogen (secondary N) is 2. The minimum absolute atomic E-state index is 0.0840. The van der Waals surface area contributed by atoms with Crippen molar-refractivity contribution >= 4 is 21.6 Å². The van der Waals surface area contributed by atoms with Gasteiger partial charge in [0.25, 0.3) is 15.9 Å². The molecule has 2 aromatic rings. The van der Waals surface area contributed by atoms with Crippen molar-refractivity contribution in [1.82, 2.24) is 5.32 Å². The number of hydrogen-bond donors (Lipinski definition) is 2. The van der Waals surface area contributed by atoms with Gasteiger partial charge in [0.1, 0.15) is 5.82 Å². The summed E-state index contributed by atoms with van der Waals surface area (Å²) in [4.78, 5) is 12.4. The first kappa shape index (κ1) is 19.4. The van der Waals surface area contributed by atoms with Crippen LogP contribution in [0.2, 0.25) is 0 Å². The smallest absolute Gasteiger partial charge is 0.262 e. The number of sulfonamides is 1. The number of hydrogen-bond acceptors (Lipinski definition) is 3. The molecule has 1 aliphatic carbocycles. The standard InChI is InChI=1S/C20H23FN2O3S/c21-18-12-5-6-13-19(18)23-27(25,26)17-11-7-8-15(14-17)20(24)22-16-9-3-1-2-4-10-16/h5-8,11-14,16,23H,1-4,9-10H2,(H,22,24). The molecule has 144 valence electrons. The molecular weight excluding hydrogens is 367 g/mol. The molecular formula is C20H23FN2O3S. The average molecular weight is 390 g/mol. The van der Waals surface area contributed by atoms with Crippen LogP contribution in [0.4, 0.5) is 10.1 Å². The first-order valence-electron chi connectivity index (χ1n) is 9.14. The summed E-state index contributed by atoms with van der Waals surface area (Å²) in [6.45, 7) is 0. The minimum Gasteiger partial charge on any atom is -0.349 e. The lowest BCUT2D eigenvalue weighted by molar-refractivity contribution is 0.0933. The summed E-state index contributed by atoms with van der Waals surface area (Å²) < 4.78 is 41.1. The molecule has 0 spiro atoms. The number of halogens is 1. The van der Waals surface area contributed by atoms with Crippen LogP contribution in [0.3, 0.4) is 0 Å². The molecule has 7 heteroatoms. The van der Waals surface area contributed by atoms with Gasteiger partial charge in [-0.2, -0.15) is 0 Å². The minimum atomic E-state index is -4.00. The topological polar surface area (TPSA) is 75.3 Å². The predicted molar refractivity (Wildman–Crippen MR) is 103 cm³/mol. The quantitative estimate of drug-likeness (QED) is 0.756. The van der Waals surface area contributed by atoms with E-state index in [1.165, 1.54) is 55.3 Å². The Bertz CT molecular complexity index is 907. The summed E-state index contributed by atoms with van der Waals surface area (Å²) in [6, 6.07) is 11.4. The zero-order valence-corrected chi connectivity index (χ0v) is 15.8. The number of amides is 1. The molecule has 0 heterocycles. The van der Waals surface area contributed by atoms with Gasteiger partial charge in [0.2, 0.25) is 0 Å². The van der Waals surface area contributed by atoms with Gasteiger partial charge >= 0.3 is 0 Å². The molecule has 5 nitrogen and oxygen atoms in total. The van der Waals surface area contributed by atoms with Crippen molar-refractivity contribution in [1.29, 1.82) is 0 Å². The van der Waals surface area contributed by atoms with Crippen molar-refractivity contribution in [3.05, 3.63) is 59.9 Å². The zero-order chi connectivity index (χ0) is 19.3. The van der Waals surface area contributed by atoms with Crippen LogP contribution in [0.25, 0.3) is 0 Å². The van der Waals surface area contributed by atoms with Crippen molar-refractivity contribution in [2.45, 2.75) is 49.5 Å². The Labute approximate surface area is 159 Å². The van der Waals surface area contributed by atoms with E-state index < -0.39 is 15.8 Å². The van der Waals surface area contributed by atoms with E-state index in [0.29, 0.717) is 0 Å². The number of benzene rings is 2. The van der Waals surface area contributed by atoms with E-state index in [9.17, 15) is 17.6 Å². The number of para-hydroxylation sites is 1. The molecule has 0 unspecified atom stereocenters. The molecule has 1 saturated carbocycles. The maximum absolute atomic E-state index is 13.7. The van der Waals surface area contributed by atoms with Crippen LogP contribution < -0.4 is 10.0 Å². The Morgan fingerprint density at radius 3 is 2.37 bits per heavy atom. The lowest BCUT2D eigenvalue weighted by Crippen LogP contribution is -2.34. The molecule has 1 fully saturated rings. The van der Waals surface area contributed by atoms with Crippen LogP contribution in [0.5, 0.6) is 0 Å². The van der Waals surface area contributed by atoms with Crippen LogP contribution in [0.15, 0.2) is 53.4 Å². The highest BCUT2D eigenvalue weighted by Gasteiger charge is 2.20. The van der Waals surface area contributed by atoms with E-state index in [0.717, 1.165) is 25.7 Å². The SMILES string of the molecule is O=C(NC1CCCCCC1)c1cccc(S(=O)(=O)Nc2ccccc2F)c1. The van der Waals surface area contributed by atoms with E-state index in [2.05, 4.69) is 10.0 Å². The Morgan fingerprint density at radius 2 is 1.67 bits per heavy atom. The normalized spacial score (nSPS) is 15.7. The number of rotatable bonds is 5. The summed E-state index contributed by atoms with van der Waals surface area (Å²) in [7, 11) is -4.00. The van der Waals surface area contributed by atoms with Crippen molar-refractivity contribution < 1.29 is 17.6 Å². The van der Waals surface area contributed by atoms with Gasteiger partial charge in [-0.1, -0.05) is 43.9 Å². The van der Waals surface area contributed by atoms with Crippen LogP contribution >= 0.6 is 0 Å². The lowest BCUT2D eigenvalue weighted by Gasteiger charge is -2.16. The van der Waals surface area contributed by atoms with Gasteiger partial charge in [0.15, 0.2) is 0 Å². The first-order valence-corrected chi connectivity index (χ1v) is 10.6. The molecule has 2 N–H and O–H groups in total. The van der Waals surface area contributed by atoms with Crippen LogP contribution in [-0.2, 0) is 10.0 Å². The second-order valence-corrected chi connectivity index (χ2v) is 8.46. The third-order valence-electron chi connectivity index (χ3n) is 4.72. The molecule has 3 rings (SSSR count). The second kappa shape index (κ2) is 8.52. The largest absolute Gasteiger partial charge is 0.349 e. The highest BCUT2D eigenvalue weighted by Crippen LogP contribution is 2.21. The Kier molecular flexibility index (Phi) is 6.11. The van der Waals surface area contributed by atoms with Gasteiger partial charge in [-0.3, -0.25) is 9.52 Å². The molecule has 0 atom stereocenters. The van der Waals surface area contributed by atoms with Crippen molar-refractivity contribution in [3.63, 3.8) is 0 Å². The molecule has 0 saturated heterocycles. The molecule has 0 bridgehead atoms. The second-order valence-electron chi connectivity index (χ2n) is 6.78. The highest BCUT2D eigenvalue weighted by molar-refractivity contribution is 7.92. The molecule has 2 aromatic carbocycles. The highest BCUT2D eigenvalue weighted by atomic mass is 32.2.